The Labute approximate surface area is 465 Å². The van der Waals surface area contributed by atoms with Gasteiger partial charge in [-0.25, -0.2) is 26.3 Å². The summed E-state index contributed by atoms with van der Waals surface area (Å²) >= 11 is 0. The molecule has 8 unspecified atom stereocenters. The zero-order valence-electron chi connectivity index (χ0n) is 43.7. The lowest BCUT2D eigenvalue weighted by Crippen LogP contribution is -2.72. The van der Waals surface area contributed by atoms with Crippen LogP contribution in [0.2, 0.25) is 0 Å². The maximum atomic E-state index is 17.5. The van der Waals surface area contributed by atoms with Gasteiger partial charge in [0.05, 0.1) is 112 Å². The van der Waals surface area contributed by atoms with E-state index in [2.05, 4.69) is 66.3 Å². The predicted octanol–water partition coefficient (Wildman–Crippen LogP) is 7.30. The van der Waals surface area contributed by atoms with Gasteiger partial charge in [-0.05, 0) is 0 Å². The van der Waals surface area contributed by atoms with E-state index in [0.29, 0.717) is 0 Å². The zero-order chi connectivity index (χ0) is 63.1. The van der Waals surface area contributed by atoms with Crippen LogP contribution in [-0.2, 0) is 90.0 Å². The third kappa shape index (κ3) is 22.6. The lowest BCUT2D eigenvalue weighted by atomic mass is 9.82. The molecule has 6 fully saturated rings. The maximum Gasteiger partial charge on any atom is 0.385 e. The van der Waals surface area contributed by atoms with Crippen LogP contribution in [0, 0.1) is 10.8 Å². The third-order valence-corrected chi connectivity index (χ3v) is 12.0. The number of epoxide rings is 6. The number of hydrogen-bond donors (Lipinski definition) is 0. The fourth-order valence-corrected chi connectivity index (χ4v) is 6.73. The SMILES string of the molecule is FC(F)(COCC1CO1)COCC(COC(F)(F)CCOCC1CO1)(C(F)(F)OC(F)(F)CCOCC1CO1)C(F)(F)OC(F)(F)C(COCC(F)(F)COCC1CO1)(C(F)(F)OCC(F)(F)COC1CO1)C(F)(F)OC(F)(F)CCOC1CO1. The first-order valence-corrected chi connectivity index (χ1v) is 25.1. The van der Waals surface area contributed by atoms with Crippen LogP contribution in [0.3, 0.4) is 0 Å². The van der Waals surface area contributed by atoms with Gasteiger partial charge in [0.1, 0.15) is 77.3 Å². The first-order chi connectivity index (χ1) is 39.2. The Kier molecular flexibility index (Phi) is 23.7. The van der Waals surface area contributed by atoms with E-state index in [4.69, 9.17) is 23.7 Å². The lowest BCUT2D eigenvalue weighted by molar-refractivity contribution is -0.562. The molecular weight excluding hydrogens is 1250 g/mol. The van der Waals surface area contributed by atoms with Crippen molar-refractivity contribution in [1.82, 2.24) is 0 Å². The number of halogens is 22. The van der Waals surface area contributed by atoms with Crippen LogP contribution in [0.5, 0.6) is 0 Å². The number of hydrogen-bond acceptors (Lipinski definition) is 19. The molecule has 0 bridgehead atoms. The van der Waals surface area contributed by atoms with Crippen LogP contribution in [-0.4, -0.2) is 249 Å². The predicted molar refractivity (Wildman–Crippen MR) is 224 cm³/mol. The van der Waals surface area contributed by atoms with Crippen molar-refractivity contribution in [3.8, 4) is 0 Å². The minimum absolute atomic E-state index is 0.00275. The Morgan fingerprint density at radius 2 is 0.659 bits per heavy atom. The van der Waals surface area contributed by atoms with E-state index in [9.17, 15) is 0 Å². The molecule has 8 atom stereocenters. The summed E-state index contributed by atoms with van der Waals surface area (Å²) in [5.74, 6) is -14.6. The van der Waals surface area contributed by atoms with Gasteiger partial charge >= 0.3 is 48.9 Å². The average molecular weight is 1310 g/mol. The first kappa shape index (κ1) is 71.8. The van der Waals surface area contributed by atoms with Crippen molar-refractivity contribution in [3.63, 3.8) is 0 Å². The summed E-state index contributed by atoms with van der Waals surface area (Å²) in [6.07, 6.45) is -68.0. The summed E-state index contributed by atoms with van der Waals surface area (Å²) in [5.41, 5.74) is -13.9. The molecule has 0 saturated carbocycles. The van der Waals surface area contributed by atoms with Gasteiger partial charge in [-0.2, -0.15) is 70.2 Å². The third-order valence-electron chi connectivity index (χ3n) is 12.0. The monoisotopic (exact) mass is 1310 g/mol. The Morgan fingerprint density at radius 3 is 1.12 bits per heavy atom. The van der Waals surface area contributed by atoms with Gasteiger partial charge in [-0.15, -0.1) is 0 Å². The summed E-state index contributed by atoms with van der Waals surface area (Å²) < 4.78 is 435. The van der Waals surface area contributed by atoms with Crippen LogP contribution in [0.4, 0.5) is 96.6 Å². The number of rotatable bonds is 50. The van der Waals surface area contributed by atoms with Gasteiger partial charge in [0.2, 0.25) is 0 Å². The number of ether oxygens (including phenoxy) is 19. The zero-order valence-corrected chi connectivity index (χ0v) is 43.7. The molecule has 500 valence electrons. The molecule has 19 nitrogen and oxygen atoms in total. The molecule has 0 aromatic carbocycles. The smallest absolute Gasteiger partial charge is 0.378 e. The molecule has 0 aliphatic carbocycles. The van der Waals surface area contributed by atoms with E-state index >= 15 is 96.6 Å². The van der Waals surface area contributed by atoms with E-state index in [1.54, 1.807) is 0 Å². The molecule has 6 aliphatic heterocycles. The minimum atomic E-state index is -8.13. The Bertz CT molecular complexity index is 2050. The van der Waals surface area contributed by atoms with Crippen molar-refractivity contribution in [1.29, 1.82) is 0 Å². The molecule has 6 aliphatic rings. The van der Waals surface area contributed by atoms with Crippen molar-refractivity contribution in [2.24, 2.45) is 10.8 Å². The van der Waals surface area contributed by atoms with Crippen LogP contribution >= 0.6 is 0 Å². The minimum Gasteiger partial charge on any atom is -0.378 e. The van der Waals surface area contributed by atoms with Crippen LogP contribution in [0.15, 0.2) is 0 Å². The van der Waals surface area contributed by atoms with Gasteiger partial charge in [-0.1, -0.05) is 0 Å². The molecule has 0 aromatic heterocycles. The lowest BCUT2D eigenvalue weighted by Gasteiger charge is -2.50. The standard InChI is InChI=1S/C44H56F22O19/c45-33(46,19-69-9-28-13-76-28)21-71-17-32(18-81-37(51,52)1-4-67-7-26-11-74-26,40(57,58)83-38(53,54)2-5-68-8-27-12-75-27)41(59,60)85-44(65,66)36(25-72-22-34(47,48)20-70-10-29-14-77-29,42(61,62)82-24-35(49,50)23-80-31-16-79-31)43(63,64)84-39(55,56)3-6-73-30-15-78-30/h26-31H,1-25H2. The van der Waals surface area contributed by atoms with Crippen molar-refractivity contribution in [2.75, 3.05) is 145 Å². The van der Waals surface area contributed by atoms with Crippen molar-refractivity contribution >= 4 is 0 Å². The molecular formula is C44H56F22O19. The van der Waals surface area contributed by atoms with Gasteiger partial charge in [0.15, 0.2) is 18.0 Å². The topological polar surface area (TPSA) is 195 Å². The second-order valence-electron chi connectivity index (χ2n) is 19.9. The highest BCUT2D eigenvalue weighted by Crippen LogP contribution is 2.64. The maximum absolute atomic E-state index is 17.5. The normalized spacial score (nSPS) is 24.8. The van der Waals surface area contributed by atoms with Crippen LogP contribution < -0.4 is 0 Å². The molecule has 0 N–H and O–H groups in total. The van der Waals surface area contributed by atoms with Crippen molar-refractivity contribution in [2.45, 2.75) is 123 Å². The molecule has 0 amide bonds. The largest absolute Gasteiger partial charge is 0.385 e. The summed E-state index contributed by atoms with van der Waals surface area (Å²) in [5, 5.41) is 0. The summed E-state index contributed by atoms with van der Waals surface area (Å²) in [6.45, 7) is -34.0. The number of alkyl halides is 22. The molecule has 0 spiro atoms. The second kappa shape index (κ2) is 28.1. The highest BCUT2D eigenvalue weighted by Gasteiger charge is 2.88. The van der Waals surface area contributed by atoms with E-state index in [0.717, 1.165) is 0 Å². The van der Waals surface area contributed by atoms with Gasteiger partial charge in [0, 0.05) is 0 Å². The van der Waals surface area contributed by atoms with Crippen LogP contribution in [0.25, 0.3) is 0 Å². The first-order valence-electron chi connectivity index (χ1n) is 25.1. The molecule has 6 heterocycles. The molecule has 41 heteroatoms. The van der Waals surface area contributed by atoms with Gasteiger partial charge in [0.25, 0.3) is 23.2 Å². The quantitative estimate of drug-likeness (QED) is 0.0334. The van der Waals surface area contributed by atoms with Crippen molar-refractivity contribution < 1.29 is 187 Å². The van der Waals surface area contributed by atoms with E-state index < -0.39 is 246 Å². The van der Waals surface area contributed by atoms with E-state index in [1.165, 1.54) is 0 Å². The second-order valence-corrected chi connectivity index (χ2v) is 19.9. The fourth-order valence-electron chi connectivity index (χ4n) is 6.73. The molecule has 6 saturated heterocycles. The highest BCUT2D eigenvalue weighted by molar-refractivity contribution is 5.05. The van der Waals surface area contributed by atoms with Crippen LogP contribution in [0.1, 0.15) is 19.3 Å². The average Bonchev–Trinajstić information content (AvgIpc) is 1.12. The van der Waals surface area contributed by atoms with E-state index in [-0.39, 0.29) is 33.0 Å². The Hall–Kier alpha value is -2.30. The summed E-state index contributed by atoms with van der Waals surface area (Å²) in [6, 6.07) is 0. The van der Waals surface area contributed by atoms with Crippen molar-refractivity contribution in [3.05, 3.63) is 0 Å². The molecule has 0 radical (unpaired) electrons. The Morgan fingerprint density at radius 1 is 0.294 bits per heavy atom. The highest BCUT2D eigenvalue weighted by atomic mass is 19.3. The fraction of sp³-hybridized carbons (Fsp3) is 1.00. The molecule has 85 heavy (non-hydrogen) atoms. The summed E-state index contributed by atoms with van der Waals surface area (Å²) in [4.78, 5) is 0. The molecule has 6 rings (SSSR count). The van der Waals surface area contributed by atoms with E-state index in [1.807, 2.05) is 0 Å². The summed E-state index contributed by atoms with van der Waals surface area (Å²) in [7, 11) is 0. The molecule has 0 aromatic rings. The van der Waals surface area contributed by atoms with Gasteiger partial charge in [-0.3, -0.25) is 14.2 Å². The van der Waals surface area contributed by atoms with Gasteiger partial charge < -0.3 is 75.8 Å². The Balaban J connectivity index is 1.47.